The van der Waals surface area contributed by atoms with Crippen molar-refractivity contribution in [2.75, 3.05) is 27.1 Å². The number of aryl methyl sites for hydroxylation is 1. The molecular formula is C16H21N3O2. The van der Waals surface area contributed by atoms with Crippen molar-refractivity contribution in [1.29, 1.82) is 0 Å². The highest BCUT2D eigenvalue weighted by Crippen LogP contribution is 2.21. The summed E-state index contributed by atoms with van der Waals surface area (Å²) >= 11 is 0. The Morgan fingerprint density at radius 1 is 1.62 bits per heavy atom. The fraction of sp³-hybridized carbons (Fsp3) is 0.438. The maximum Gasteiger partial charge on any atom is 0.407 e. The zero-order valence-corrected chi connectivity index (χ0v) is 11.2. The van der Waals surface area contributed by atoms with Crippen LogP contribution in [0.2, 0.25) is 0 Å². The number of hydrogen-bond donors (Lipinski definition) is 2. The standard InChI is InChI=1S/C16H21N3O2/c1-19(2)6-5-12-9-17-15-4-3-11(8-14(12)15)7-13-10-21-16(20)18-13/h3-4,8-9,13,17H,5-7,10H2,1-2H3,(H,18,20)/t13-/m0/s1/i1D3,5D2,6D2,7D2,10D2. The monoisotopic (exact) mass is 298 g/mol. The maximum absolute atomic E-state index is 11.5. The number of H-pyrrole nitrogens is 1. The van der Waals surface area contributed by atoms with Gasteiger partial charge >= 0.3 is 6.09 Å². The molecule has 5 heteroatoms. The number of cyclic esters (lactones) is 1. The van der Waals surface area contributed by atoms with Gasteiger partial charge in [-0.05, 0) is 50.0 Å². The smallest absolute Gasteiger partial charge is 0.407 e. The van der Waals surface area contributed by atoms with Crippen LogP contribution in [0.5, 0.6) is 0 Å². The van der Waals surface area contributed by atoms with E-state index in [0.29, 0.717) is 10.4 Å². The Hall–Kier alpha value is -2.01. The number of carbonyl (C=O) groups is 1. The van der Waals surface area contributed by atoms with Crippen molar-refractivity contribution in [1.82, 2.24) is 15.2 Å². The van der Waals surface area contributed by atoms with E-state index in [1.54, 1.807) is 0 Å². The number of alkyl carbamates (subject to hydrolysis) is 1. The van der Waals surface area contributed by atoms with E-state index in [-0.39, 0.29) is 16.5 Å². The second-order valence-electron chi connectivity index (χ2n) is 4.49. The Labute approximate surface area is 139 Å². The van der Waals surface area contributed by atoms with Crippen LogP contribution in [-0.4, -0.2) is 49.1 Å². The summed E-state index contributed by atoms with van der Waals surface area (Å²) in [7, 11) is 0.939. The summed E-state index contributed by atoms with van der Waals surface area (Å²) in [5, 5.41) is 2.18. The van der Waals surface area contributed by atoms with E-state index in [4.69, 9.17) is 15.1 Å². The number of likely N-dealkylation sites (N-methyl/N-ethyl adjacent to an activating group) is 1. The lowest BCUT2D eigenvalue weighted by Gasteiger charge is -2.09. The number of fused-ring (bicyclic) bond motifs is 1. The molecule has 3 rings (SSSR count). The molecule has 112 valence electrons. The highest BCUT2D eigenvalue weighted by Gasteiger charge is 2.22. The summed E-state index contributed by atoms with van der Waals surface area (Å²) in [6.45, 7) is -8.55. The number of ether oxygens (including phenoxy) is 1. The van der Waals surface area contributed by atoms with E-state index >= 15 is 0 Å². The Bertz CT molecular complexity index is 1050. The van der Waals surface area contributed by atoms with Crippen LogP contribution in [0.25, 0.3) is 10.9 Å². The molecule has 0 saturated carbocycles. The third-order valence-electron chi connectivity index (χ3n) is 2.88. The van der Waals surface area contributed by atoms with Gasteiger partial charge < -0.3 is 19.9 Å². The Morgan fingerprint density at radius 3 is 3.29 bits per heavy atom. The normalized spacial score (nSPS) is 31.0. The number of aromatic amines is 1. The Morgan fingerprint density at radius 2 is 2.52 bits per heavy atom. The van der Waals surface area contributed by atoms with Crippen LogP contribution in [0, 0.1) is 0 Å². The molecule has 1 atom stereocenters. The molecule has 1 fully saturated rings. The molecule has 1 saturated heterocycles. The molecule has 1 amide bonds. The van der Waals surface area contributed by atoms with Crippen molar-refractivity contribution < 1.29 is 24.6 Å². The number of hydrogen-bond acceptors (Lipinski definition) is 3. The van der Waals surface area contributed by atoms with Gasteiger partial charge in [-0.15, -0.1) is 0 Å². The third kappa shape index (κ3) is 3.19. The lowest BCUT2D eigenvalue weighted by molar-refractivity contribution is 0.177. The van der Waals surface area contributed by atoms with E-state index in [9.17, 15) is 4.79 Å². The first kappa shape index (κ1) is 6.01. The van der Waals surface area contributed by atoms with Crippen LogP contribution >= 0.6 is 0 Å². The quantitative estimate of drug-likeness (QED) is 0.887. The SMILES string of the molecule is [2H]C1([2H])OC(=O)N[C@H]1C([2H])([2H])c1ccc2[nH]cc(C([2H])([2H])C([2H])([2H])N(C)C([2H])([2H])[2H])c2c1. The average Bonchev–Trinajstić information content (AvgIpc) is 3.19. The van der Waals surface area contributed by atoms with Gasteiger partial charge in [-0.1, -0.05) is 6.07 Å². The molecule has 0 spiro atoms. The van der Waals surface area contributed by atoms with Crippen LogP contribution in [0.15, 0.2) is 24.4 Å². The van der Waals surface area contributed by atoms with Gasteiger partial charge in [0.2, 0.25) is 0 Å². The summed E-state index contributed by atoms with van der Waals surface area (Å²) < 4.78 is 92.4. The largest absolute Gasteiger partial charge is 0.447 e. The fourth-order valence-corrected chi connectivity index (χ4v) is 1.98. The second kappa shape index (κ2) is 5.77. The lowest BCUT2D eigenvalue weighted by atomic mass is 10.0. The average molecular weight is 298 g/mol. The van der Waals surface area contributed by atoms with E-state index < -0.39 is 44.9 Å². The molecular weight excluding hydrogens is 266 g/mol. The molecule has 1 aromatic carbocycles. The highest BCUT2D eigenvalue weighted by molar-refractivity contribution is 5.84. The summed E-state index contributed by atoms with van der Waals surface area (Å²) in [4.78, 5) is 14.5. The van der Waals surface area contributed by atoms with Gasteiger partial charge in [0.25, 0.3) is 0 Å². The number of benzene rings is 1. The number of carbonyl (C=O) groups excluding carboxylic acids is 1. The van der Waals surface area contributed by atoms with Gasteiger partial charge in [-0.2, -0.15) is 0 Å². The molecule has 2 aromatic rings. The van der Waals surface area contributed by atoms with Gasteiger partial charge in [-0.25, -0.2) is 4.79 Å². The lowest BCUT2D eigenvalue weighted by Crippen LogP contribution is -2.28. The zero-order valence-electron chi connectivity index (χ0n) is 22.2. The first-order chi connectivity index (χ1) is 14.3. The third-order valence-corrected chi connectivity index (χ3v) is 2.88. The summed E-state index contributed by atoms with van der Waals surface area (Å²) in [6, 6.07) is 2.23. The number of nitrogens with zero attached hydrogens (tertiary/aromatic N) is 1. The number of nitrogens with one attached hydrogen (secondary N) is 2. The van der Waals surface area contributed by atoms with Gasteiger partial charge in [0, 0.05) is 35.9 Å². The van der Waals surface area contributed by atoms with Crippen molar-refractivity contribution in [3.8, 4) is 0 Å². The minimum atomic E-state index is -2.98. The second-order valence-corrected chi connectivity index (χ2v) is 4.49. The Balaban J connectivity index is 2.11. The number of rotatable bonds is 5. The first-order valence-electron chi connectivity index (χ1n) is 11.7. The van der Waals surface area contributed by atoms with Crippen molar-refractivity contribution in [3.63, 3.8) is 0 Å². The predicted octanol–water partition coefficient (Wildman–Crippen LogP) is 1.92. The van der Waals surface area contributed by atoms with Crippen molar-refractivity contribution in [2.45, 2.75) is 18.8 Å². The van der Waals surface area contributed by atoms with Gasteiger partial charge in [-0.3, -0.25) is 0 Å². The number of amides is 1. The van der Waals surface area contributed by atoms with Gasteiger partial charge in [0.15, 0.2) is 0 Å². The van der Waals surface area contributed by atoms with E-state index in [0.717, 1.165) is 7.05 Å². The minimum absolute atomic E-state index is 0.0741. The molecule has 0 unspecified atom stereocenters. The first-order valence-corrected chi connectivity index (χ1v) is 6.19. The molecule has 1 aliphatic rings. The summed E-state index contributed by atoms with van der Waals surface area (Å²) in [5.74, 6) is 0. The van der Waals surface area contributed by atoms with Gasteiger partial charge in [0.1, 0.15) is 6.56 Å². The molecule has 21 heavy (non-hydrogen) atoms. The van der Waals surface area contributed by atoms with Crippen LogP contribution in [0.4, 0.5) is 4.79 Å². The van der Waals surface area contributed by atoms with Crippen LogP contribution < -0.4 is 5.32 Å². The molecule has 1 aliphatic heterocycles. The van der Waals surface area contributed by atoms with Crippen LogP contribution in [0.3, 0.4) is 0 Å². The Kier molecular flexibility index (Phi) is 1.65. The minimum Gasteiger partial charge on any atom is -0.447 e. The van der Waals surface area contributed by atoms with Gasteiger partial charge in [0.05, 0.1) is 8.78 Å². The molecule has 2 heterocycles. The van der Waals surface area contributed by atoms with Crippen LogP contribution in [-0.2, 0) is 17.5 Å². The van der Waals surface area contributed by atoms with Crippen molar-refractivity contribution in [3.05, 3.63) is 35.5 Å². The molecule has 1 aromatic heterocycles. The van der Waals surface area contributed by atoms with Crippen molar-refractivity contribution >= 4 is 17.0 Å². The molecule has 0 aliphatic carbocycles. The fourth-order valence-electron chi connectivity index (χ4n) is 1.98. The molecule has 0 radical (unpaired) electrons. The summed E-state index contributed by atoms with van der Waals surface area (Å²) in [6.07, 6.45) is -5.28. The zero-order chi connectivity index (χ0) is 24.5. The van der Waals surface area contributed by atoms with E-state index in [1.807, 2.05) is 0 Å². The maximum atomic E-state index is 11.5. The molecule has 5 nitrogen and oxygen atoms in total. The topological polar surface area (TPSA) is 57.4 Å². The summed E-state index contributed by atoms with van der Waals surface area (Å²) in [5.41, 5.74) is -0.0440. The number of aromatic nitrogens is 1. The van der Waals surface area contributed by atoms with Crippen LogP contribution in [0.1, 0.15) is 26.2 Å². The van der Waals surface area contributed by atoms with E-state index in [2.05, 4.69) is 15.0 Å². The predicted molar refractivity (Wildman–Crippen MR) is 82.5 cm³/mol. The molecule has 0 bridgehead atoms. The highest BCUT2D eigenvalue weighted by atomic mass is 16.6. The van der Waals surface area contributed by atoms with Crippen molar-refractivity contribution in [2.24, 2.45) is 0 Å². The molecule has 2 N–H and O–H groups in total. The van der Waals surface area contributed by atoms with E-state index in [1.165, 1.54) is 24.4 Å².